The zero-order valence-electron chi connectivity index (χ0n) is 12.7. The summed E-state index contributed by atoms with van der Waals surface area (Å²) < 4.78 is 16.2. The Morgan fingerprint density at radius 3 is 2.33 bits per heavy atom. The number of alkyl halides is 1. The van der Waals surface area contributed by atoms with Crippen LogP contribution in [-0.2, 0) is 9.53 Å². The van der Waals surface area contributed by atoms with Gasteiger partial charge in [-0.1, -0.05) is 19.4 Å². The molecule has 0 aliphatic carbocycles. The van der Waals surface area contributed by atoms with Crippen LogP contribution in [0.3, 0.4) is 0 Å². The first-order valence-electron chi connectivity index (χ1n) is 6.84. The normalized spacial score (nSPS) is 10.3. The van der Waals surface area contributed by atoms with Gasteiger partial charge < -0.3 is 14.2 Å². The van der Waals surface area contributed by atoms with Gasteiger partial charge in [-0.25, -0.2) is 0 Å². The molecular formula is C15H22ClNO4. The number of para-hydroxylation sites is 1. The molecule has 0 fully saturated rings. The molecule has 5 nitrogen and oxygen atoms in total. The highest BCUT2D eigenvalue weighted by Gasteiger charge is 2.23. The average molecular weight is 316 g/mol. The second kappa shape index (κ2) is 9.47. The number of rotatable bonds is 9. The molecule has 0 spiro atoms. The van der Waals surface area contributed by atoms with E-state index in [0.717, 1.165) is 12.8 Å². The first kappa shape index (κ1) is 17.6. The number of nitrogens with zero attached hydrogens (tertiary/aromatic N) is 1. The van der Waals surface area contributed by atoms with Crippen molar-refractivity contribution in [2.24, 2.45) is 0 Å². The van der Waals surface area contributed by atoms with Gasteiger partial charge in [0.05, 0.1) is 14.2 Å². The second-order valence-corrected chi connectivity index (χ2v) is 4.62. The Morgan fingerprint density at radius 2 is 1.86 bits per heavy atom. The Balaban J connectivity index is 3.04. The third-order valence-electron chi connectivity index (χ3n) is 2.95. The van der Waals surface area contributed by atoms with Crippen LogP contribution in [0.4, 0.5) is 5.69 Å². The van der Waals surface area contributed by atoms with Crippen LogP contribution in [0, 0.1) is 0 Å². The fraction of sp³-hybridized carbons (Fsp3) is 0.533. The number of hydrogen-bond donors (Lipinski definition) is 0. The van der Waals surface area contributed by atoms with Crippen LogP contribution >= 0.6 is 11.6 Å². The van der Waals surface area contributed by atoms with Crippen molar-refractivity contribution in [3.8, 4) is 11.5 Å². The lowest BCUT2D eigenvalue weighted by atomic mass is 10.2. The minimum atomic E-state index is -0.268. The molecule has 0 aromatic heterocycles. The first-order valence-corrected chi connectivity index (χ1v) is 7.38. The van der Waals surface area contributed by atoms with Crippen LogP contribution < -0.4 is 14.4 Å². The van der Waals surface area contributed by atoms with Crippen LogP contribution in [0.25, 0.3) is 0 Å². The van der Waals surface area contributed by atoms with Gasteiger partial charge in [-0.2, -0.15) is 0 Å². The summed E-state index contributed by atoms with van der Waals surface area (Å²) in [5, 5.41) is 0. The lowest BCUT2D eigenvalue weighted by Gasteiger charge is -2.25. The Hall–Kier alpha value is -1.46. The van der Waals surface area contributed by atoms with Crippen molar-refractivity contribution >= 4 is 23.2 Å². The Kier molecular flexibility index (Phi) is 7.93. The number of unbranched alkanes of at least 4 members (excludes halogenated alkanes) is 1. The Morgan fingerprint density at radius 1 is 1.24 bits per heavy atom. The summed E-state index contributed by atoms with van der Waals surface area (Å²) in [7, 11) is 3.08. The summed E-state index contributed by atoms with van der Waals surface area (Å²) in [6, 6.07) is 5.32. The van der Waals surface area contributed by atoms with Gasteiger partial charge in [0.1, 0.15) is 29.8 Å². The van der Waals surface area contributed by atoms with E-state index in [-0.39, 0.29) is 18.5 Å². The SMILES string of the molecule is CCCCOCN(C(=O)CCl)c1c(OC)cccc1OC. The van der Waals surface area contributed by atoms with Crippen LogP contribution in [0.1, 0.15) is 19.8 Å². The second-order valence-electron chi connectivity index (χ2n) is 4.36. The number of benzene rings is 1. The number of amides is 1. The highest BCUT2D eigenvalue weighted by Crippen LogP contribution is 2.37. The monoisotopic (exact) mass is 315 g/mol. The summed E-state index contributed by atoms with van der Waals surface area (Å²) in [5.41, 5.74) is 0.532. The van der Waals surface area contributed by atoms with Crippen molar-refractivity contribution < 1.29 is 19.0 Å². The standard InChI is InChI=1S/C15H22ClNO4/c1-4-5-9-21-11-17(14(18)10-16)15-12(19-2)7-6-8-13(15)20-3/h6-8H,4-5,9-11H2,1-3H3. The zero-order chi connectivity index (χ0) is 15.7. The maximum absolute atomic E-state index is 12.1. The van der Waals surface area contributed by atoms with Crippen LogP contribution in [0.2, 0.25) is 0 Å². The number of ether oxygens (including phenoxy) is 3. The average Bonchev–Trinajstić information content (AvgIpc) is 2.53. The van der Waals surface area contributed by atoms with Crippen LogP contribution in [0.15, 0.2) is 18.2 Å². The minimum absolute atomic E-state index is 0.113. The van der Waals surface area contributed by atoms with E-state index in [9.17, 15) is 4.79 Å². The molecule has 0 aliphatic rings. The molecule has 21 heavy (non-hydrogen) atoms. The van der Waals surface area contributed by atoms with Crippen molar-refractivity contribution in [2.75, 3.05) is 38.3 Å². The predicted molar refractivity (Wildman–Crippen MR) is 83.5 cm³/mol. The maximum Gasteiger partial charge on any atom is 0.244 e. The van der Waals surface area contributed by atoms with E-state index in [1.807, 2.05) is 0 Å². The predicted octanol–water partition coefficient (Wildman–Crippen LogP) is 3.05. The molecule has 0 aliphatic heterocycles. The maximum atomic E-state index is 12.1. The molecule has 0 atom stereocenters. The first-order chi connectivity index (χ1) is 10.2. The molecule has 0 unspecified atom stereocenters. The molecule has 1 aromatic carbocycles. The highest BCUT2D eigenvalue weighted by molar-refractivity contribution is 6.29. The largest absolute Gasteiger partial charge is 0.494 e. The van der Waals surface area contributed by atoms with E-state index in [0.29, 0.717) is 23.8 Å². The lowest BCUT2D eigenvalue weighted by Crippen LogP contribution is -2.35. The van der Waals surface area contributed by atoms with E-state index < -0.39 is 0 Å². The third kappa shape index (κ3) is 4.79. The quantitative estimate of drug-likeness (QED) is 0.399. The van der Waals surface area contributed by atoms with Gasteiger partial charge in [0.15, 0.2) is 0 Å². The molecule has 6 heteroatoms. The molecule has 0 heterocycles. The summed E-state index contributed by atoms with van der Waals surface area (Å²) >= 11 is 5.70. The number of halogens is 1. The Bertz CT molecular complexity index is 431. The van der Waals surface area contributed by atoms with Crippen molar-refractivity contribution in [1.29, 1.82) is 0 Å². The number of carbonyl (C=O) groups is 1. The molecule has 0 saturated heterocycles. The van der Waals surface area contributed by atoms with Gasteiger partial charge in [-0.05, 0) is 18.6 Å². The molecule has 0 bridgehead atoms. The molecule has 0 radical (unpaired) electrons. The lowest BCUT2D eigenvalue weighted by molar-refractivity contribution is -0.117. The van der Waals surface area contributed by atoms with Crippen LogP contribution in [-0.4, -0.2) is 39.3 Å². The highest BCUT2D eigenvalue weighted by atomic mass is 35.5. The van der Waals surface area contributed by atoms with Gasteiger partial charge in [0.25, 0.3) is 0 Å². The fourth-order valence-electron chi connectivity index (χ4n) is 1.83. The summed E-state index contributed by atoms with van der Waals surface area (Å²) in [6.45, 7) is 2.77. The Labute approximate surface area is 130 Å². The van der Waals surface area contributed by atoms with E-state index in [1.54, 1.807) is 32.4 Å². The fourth-order valence-corrected chi connectivity index (χ4v) is 1.98. The van der Waals surface area contributed by atoms with Gasteiger partial charge in [-0.3, -0.25) is 9.69 Å². The van der Waals surface area contributed by atoms with Gasteiger partial charge >= 0.3 is 0 Å². The number of carbonyl (C=O) groups excluding carboxylic acids is 1. The van der Waals surface area contributed by atoms with Crippen molar-refractivity contribution in [1.82, 2.24) is 0 Å². The molecule has 0 saturated carbocycles. The van der Waals surface area contributed by atoms with E-state index in [2.05, 4.69) is 6.92 Å². The van der Waals surface area contributed by atoms with Gasteiger partial charge in [0, 0.05) is 6.61 Å². The third-order valence-corrected chi connectivity index (χ3v) is 3.18. The van der Waals surface area contributed by atoms with E-state index in [4.69, 9.17) is 25.8 Å². The topological polar surface area (TPSA) is 48.0 Å². The minimum Gasteiger partial charge on any atom is -0.494 e. The molecular weight excluding hydrogens is 294 g/mol. The summed E-state index contributed by atoms with van der Waals surface area (Å²) in [5.74, 6) is 0.660. The van der Waals surface area contributed by atoms with Crippen LogP contribution in [0.5, 0.6) is 11.5 Å². The zero-order valence-corrected chi connectivity index (χ0v) is 13.5. The van der Waals surface area contributed by atoms with E-state index >= 15 is 0 Å². The smallest absolute Gasteiger partial charge is 0.244 e. The summed E-state index contributed by atoms with van der Waals surface area (Å²) in [4.78, 5) is 13.6. The van der Waals surface area contributed by atoms with Crippen molar-refractivity contribution in [3.63, 3.8) is 0 Å². The molecule has 1 rings (SSSR count). The number of anilines is 1. The van der Waals surface area contributed by atoms with Gasteiger partial charge in [-0.15, -0.1) is 11.6 Å². The van der Waals surface area contributed by atoms with Crippen molar-refractivity contribution in [2.45, 2.75) is 19.8 Å². The summed E-state index contributed by atoms with van der Waals surface area (Å²) in [6.07, 6.45) is 1.97. The molecule has 1 aromatic rings. The number of methoxy groups -OCH3 is 2. The molecule has 0 N–H and O–H groups in total. The molecule has 1 amide bonds. The van der Waals surface area contributed by atoms with Crippen molar-refractivity contribution in [3.05, 3.63) is 18.2 Å². The number of hydrogen-bond acceptors (Lipinski definition) is 4. The van der Waals surface area contributed by atoms with E-state index in [1.165, 1.54) is 4.90 Å². The molecule has 118 valence electrons. The van der Waals surface area contributed by atoms with Gasteiger partial charge in [0.2, 0.25) is 5.91 Å².